The second kappa shape index (κ2) is 8.11. The van der Waals surface area contributed by atoms with E-state index in [1.165, 1.54) is 5.56 Å². The molecule has 1 heterocycles. The van der Waals surface area contributed by atoms with Gasteiger partial charge in [0.05, 0.1) is 12.6 Å². The van der Waals surface area contributed by atoms with E-state index in [1.54, 1.807) is 0 Å². The van der Waals surface area contributed by atoms with Crippen LogP contribution in [-0.2, 0) is 4.74 Å². The predicted molar refractivity (Wildman–Crippen MR) is 84.8 cm³/mol. The van der Waals surface area contributed by atoms with Gasteiger partial charge in [0.1, 0.15) is 5.76 Å². The van der Waals surface area contributed by atoms with Crippen LogP contribution in [0.4, 0.5) is 0 Å². The van der Waals surface area contributed by atoms with Gasteiger partial charge >= 0.3 is 0 Å². The molecule has 0 amide bonds. The van der Waals surface area contributed by atoms with E-state index in [4.69, 9.17) is 4.74 Å². The normalized spacial score (nSPS) is 18.0. The van der Waals surface area contributed by atoms with E-state index >= 15 is 0 Å². The first-order valence-electron chi connectivity index (χ1n) is 7.98. The molecular formula is C18H27NO. The molecule has 2 nitrogen and oxygen atoms in total. The van der Waals surface area contributed by atoms with E-state index in [0.717, 1.165) is 44.6 Å². The van der Waals surface area contributed by atoms with Gasteiger partial charge in [-0.15, -0.1) is 0 Å². The van der Waals surface area contributed by atoms with Crippen molar-refractivity contribution in [1.82, 2.24) is 5.32 Å². The third-order valence-electron chi connectivity index (χ3n) is 3.95. The highest BCUT2D eigenvalue weighted by Gasteiger charge is 2.26. The second-order valence-electron chi connectivity index (χ2n) is 5.45. The van der Waals surface area contributed by atoms with E-state index in [-0.39, 0.29) is 0 Å². The van der Waals surface area contributed by atoms with Crippen LogP contribution in [0.3, 0.4) is 0 Å². The van der Waals surface area contributed by atoms with Crippen molar-refractivity contribution in [3.63, 3.8) is 0 Å². The summed E-state index contributed by atoms with van der Waals surface area (Å²) in [6.07, 6.45) is 6.83. The maximum Gasteiger partial charge on any atom is 0.110 e. The SMILES string of the molecule is CCCNC(C1=CCCCO1)C(CC)c1ccccc1. The average molecular weight is 273 g/mol. The van der Waals surface area contributed by atoms with Crippen molar-refractivity contribution in [3.8, 4) is 0 Å². The summed E-state index contributed by atoms with van der Waals surface area (Å²) in [6, 6.07) is 11.1. The highest BCUT2D eigenvalue weighted by molar-refractivity contribution is 5.25. The highest BCUT2D eigenvalue weighted by atomic mass is 16.5. The first-order valence-corrected chi connectivity index (χ1v) is 7.98. The molecule has 0 saturated heterocycles. The Morgan fingerprint density at radius 2 is 2.00 bits per heavy atom. The first-order chi connectivity index (χ1) is 9.86. The predicted octanol–water partition coefficient (Wildman–Crippen LogP) is 4.24. The minimum atomic E-state index is 0.308. The number of benzene rings is 1. The quantitative estimate of drug-likeness (QED) is 0.802. The molecule has 0 saturated carbocycles. The van der Waals surface area contributed by atoms with Crippen LogP contribution in [0.1, 0.15) is 51.0 Å². The Morgan fingerprint density at radius 3 is 2.60 bits per heavy atom. The Balaban J connectivity index is 2.21. The number of ether oxygens (including phenoxy) is 1. The van der Waals surface area contributed by atoms with Crippen LogP contribution in [0.5, 0.6) is 0 Å². The van der Waals surface area contributed by atoms with E-state index < -0.39 is 0 Å². The summed E-state index contributed by atoms with van der Waals surface area (Å²) in [4.78, 5) is 0. The van der Waals surface area contributed by atoms with Crippen LogP contribution in [0.15, 0.2) is 42.2 Å². The molecular weight excluding hydrogens is 246 g/mol. The Kier molecular flexibility index (Phi) is 6.13. The third kappa shape index (κ3) is 3.86. The van der Waals surface area contributed by atoms with E-state index in [9.17, 15) is 0 Å². The molecule has 1 aliphatic heterocycles. The molecule has 0 radical (unpaired) electrons. The fourth-order valence-corrected chi connectivity index (χ4v) is 2.90. The van der Waals surface area contributed by atoms with Gasteiger partial charge in [-0.3, -0.25) is 0 Å². The molecule has 2 atom stereocenters. The zero-order valence-corrected chi connectivity index (χ0v) is 12.8. The fraction of sp³-hybridized carbons (Fsp3) is 0.556. The van der Waals surface area contributed by atoms with Crippen molar-refractivity contribution in [2.45, 2.75) is 51.5 Å². The highest BCUT2D eigenvalue weighted by Crippen LogP contribution is 2.29. The zero-order valence-electron chi connectivity index (χ0n) is 12.8. The van der Waals surface area contributed by atoms with Gasteiger partial charge in [0.25, 0.3) is 0 Å². The van der Waals surface area contributed by atoms with Gasteiger partial charge < -0.3 is 10.1 Å². The van der Waals surface area contributed by atoms with Gasteiger partial charge in [-0.1, -0.05) is 44.2 Å². The summed E-state index contributed by atoms with van der Waals surface area (Å²) < 4.78 is 5.94. The van der Waals surface area contributed by atoms with Crippen molar-refractivity contribution >= 4 is 0 Å². The van der Waals surface area contributed by atoms with Crippen LogP contribution >= 0.6 is 0 Å². The summed E-state index contributed by atoms with van der Waals surface area (Å²) in [5, 5.41) is 3.70. The summed E-state index contributed by atoms with van der Waals surface area (Å²) in [6.45, 7) is 6.38. The van der Waals surface area contributed by atoms with Gasteiger partial charge in [-0.05, 0) is 43.9 Å². The molecule has 1 aliphatic rings. The number of hydrogen-bond acceptors (Lipinski definition) is 2. The smallest absolute Gasteiger partial charge is 0.110 e. The molecule has 2 rings (SSSR count). The number of hydrogen-bond donors (Lipinski definition) is 1. The topological polar surface area (TPSA) is 21.3 Å². The summed E-state index contributed by atoms with van der Waals surface area (Å²) in [5.74, 6) is 1.63. The lowest BCUT2D eigenvalue weighted by molar-refractivity contribution is 0.159. The molecule has 0 aromatic heterocycles. The van der Waals surface area contributed by atoms with Crippen LogP contribution < -0.4 is 5.32 Å². The van der Waals surface area contributed by atoms with Crippen molar-refractivity contribution in [2.24, 2.45) is 0 Å². The van der Waals surface area contributed by atoms with Gasteiger partial charge in [0.2, 0.25) is 0 Å². The lowest BCUT2D eigenvalue weighted by Gasteiger charge is -2.31. The van der Waals surface area contributed by atoms with E-state index in [0.29, 0.717) is 12.0 Å². The molecule has 0 bridgehead atoms. The van der Waals surface area contributed by atoms with Crippen LogP contribution in [0, 0.1) is 0 Å². The van der Waals surface area contributed by atoms with Crippen molar-refractivity contribution in [3.05, 3.63) is 47.7 Å². The third-order valence-corrected chi connectivity index (χ3v) is 3.95. The number of nitrogens with one attached hydrogen (secondary N) is 1. The largest absolute Gasteiger partial charge is 0.497 e. The van der Waals surface area contributed by atoms with Gasteiger partial charge in [-0.2, -0.15) is 0 Å². The standard InChI is InChI=1S/C18H27NO/c1-3-13-19-18(17-12-8-9-14-20-17)16(4-2)15-10-6-5-7-11-15/h5-7,10-12,16,18-19H,3-4,8-9,13-14H2,1-2H3. The molecule has 0 aliphatic carbocycles. The second-order valence-corrected chi connectivity index (χ2v) is 5.45. The lowest BCUT2D eigenvalue weighted by Crippen LogP contribution is -2.38. The molecule has 2 heteroatoms. The lowest BCUT2D eigenvalue weighted by atomic mass is 9.87. The van der Waals surface area contributed by atoms with Crippen LogP contribution in [0.25, 0.3) is 0 Å². The van der Waals surface area contributed by atoms with Gasteiger partial charge in [0, 0.05) is 5.92 Å². The summed E-state index contributed by atoms with van der Waals surface area (Å²) in [7, 11) is 0. The average Bonchev–Trinajstić information content (AvgIpc) is 2.53. The van der Waals surface area contributed by atoms with Crippen molar-refractivity contribution < 1.29 is 4.74 Å². The van der Waals surface area contributed by atoms with Crippen LogP contribution in [0.2, 0.25) is 0 Å². The summed E-state index contributed by atoms with van der Waals surface area (Å²) >= 11 is 0. The fourth-order valence-electron chi connectivity index (χ4n) is 2.90. The molecule has 1 aromatic carbocycles. The minimum Gasteiger partial charge on any atom is -0.497 e. The Bertz CT molecular complexity index is 413. The molecule has 110 valence electrons. The minimum absolute atomic E-state index is 0.308. The Labute approximate surface area is 123 Å². The van der Waals surface area contributed by atoms with Crippen molar-refractivity contribution in [2.75, 3.05) is 13.2 Å². The molecule has 1 N–H and O–H groups in total. The van der Waals surface area contributed by atoms with Gasteiger partial charge in [-0.25, -0.2) is 0 Å². The summed E-state index contributed by atoms with van der Waals surface area (Å²) in [5.41, 5.74) is 1.40. The zero-order chi connectivity index (χ0) is 14.2. The Morgan fingerprint density at radius 1 is 1.20 bits per heavy atom. The van der Waals surface area contributed by atoms with Gasteiger partial charge in [0.15, 0.2) is 0 Å². The number of allylic oxidation sites excluding steroid dienone is 1. The van der Waals surface area contributed by atoms with E-state index in [1.807, 2.05) is 0 Å². The van der Waals surface area contributed by atoms with Crippen LogP contribution in [-0.4, -0.2) is 19.2 Å². The maximum absolute atomic E-state index is 5.94. The molecule has 0 spiro atoms. The molecule has 1 aromatic rings. The van der Waals surface area contributed by atoms with E-state index in [2.05, 4.69) is 55.6 Å². The molecule has 0 fully saturated rings. The molecule has 2 unspecified atom stereocenters. The monoisotopic (exact) mass is 273 g/mol. The van der Waals surface area contributed by atoms with Crippen molar-refractivity contribution in [1.29, 1.82) is 0 Å². The first kappa shape index (κ1) is 15.1. The number of rotatable bonds is 7. The Hall–Kier alpha value is -1.28. The maximum atomic E-state index is 5.94. The molecule has 20 heavy (non-hydrogen) atoms.